The number of ether oxygens (including phenoxy) is 1. The third-order valence-electron chi connectivity index (χ3n) is 4.21. The first-order chi connectivity index (χ1) is 15.3. The number of aliphatic carboxylic acids is 1. The molecule has 0 aliphatic heterocycles. The van der Waals surface area contributed by atoms with Crippen LogP contribution in [-0.2, 0) is 21.7 Å². The van der Waals surface area contributed by atoms with E-state index in [-0.39, 0.29) is 18.2 Å². The number of halogens is 4. The minimum absolute atomic E-state index is 0.132. The molecule has 0 radical (unpaired) electrons. The number of carboxylic acid groups (broad SMARTS) is 1. The fourth-order valence-corrected chi connectivity index (χ4v) is 4.69. The molecular weight excluding hydrogens is 496 g/mol. The molecule has 0 fully saturated rings. The Hall–Kier alpha value is -2.25. The van der Waals surface area contributed by atoms with Crippen molar-refractivity contribution >= 4 is 58.6 Å². The van der Waals surface area contributed by atoms with Gasteiger partial charge in [-0.05, 0) is 42.0 Å². The third-order valence-corrected chi connectivity index (χ3v) is 6.41. The quantitative estimate of drug-likeness (QED) is 0.187. The highest BCUT2D eigenvalue weighted by atomic mass is 35.5. The zero-order chi connectivity index (χ0) is 23.1. The summed E-state index contributed by atoms with van der Waals surface area (Å²) in [6.45, 7) is 0.132. The van der Waals surface area contributed by atoms with Crippen LogP contribution in [0.3, 0.4) is 0 Å². The molecule has 32 heavy (non-hydrogen) atoms. The van der Waals surface area contributed by atoms with Gasteiger partial charge in [0.2, 0.25) is 5.76 Å². The third kappa shape index (κ3) is 7.14. The number of rotatable bonds is 9. The van der Waals surface area contributed by atoms with E-state index in [9.17, 15) is 14.3 Å². The van der Waals surface area contributed by atoms with Gasteiger partial charge >= 0.3 is 5.97 Å². The molecule has 0 unspecified atom stereocenters. The zero-order valence-corrected chi connectivity index (χ0v) is 19.6. The van der Waals surface area contributed by atoms with Crippen LogP contribution < -0.4 is 0 Å². The minimum atomic E-state index is -1.20. The molecule has 1 aromatic heterocycles. The molecule has 0 aliphatic rings. The predicted octanol–water partition coefficient (Wildman–Crippen LogP) is 7.16. The summed E-state index contributed by atoms with van der Waals surface area (Å²) >= 11 is 19.8. The Balaban J connectivity index is 1.66. The van der Waals surface area contributed by atoms with Crippen molar-refractivity contribution in [2.24, 2.45) is 0 Å². The van der Waals surface area contributed by atoms with Crippen molar-refractivity contribution in [3.63, 3.8) is 0 Å². The highest BCUT2D eigenvalue weighted by molar-refractivity contribution is 7.98. The fraction of sp³-hybridized carbons (Fsp3) is 0.130. The van der Waals surface area contributed by atoms with Crippen LogP contribution in [-0.4, -0.2) is 22.7 Å². The van der Waals surface area contributed by atoms with Crippen LogP contribution in [0.15, 0.2) is 65.3 Å². The molecule has 166 valence electrons. The molecule has 3 rings (SSSR count). The first-order valence-electron chi connectivity index (χ1n) is 9.37. The number of nitrogens with zero attached hydrogens (tertiary/aromatic N) is 1. The summed E-state index contributed by atoms with van der Waals surface area (Å²) in [5, 5.41) is 10.8. The summed E-state index contributed by atoms with van der Waals surface area (Å²) < 4.78 is 18.4. The largest absolute Gasteiger partial charge is 0.486 e. The summed E-state index contributed by atoms with van der Waals surface area (Å²) in [7, 11) is 0. The molecule has 1 N–H and O–H groups in total. The lowest BCUT2D eigenvalue weighted by molar-refractivity contribution is -0.136. The first-order valence-corrected chi connectivity index (χ1v) is 11.5. The second-order valence-electron chi connectivity index (χ2n) is 6.58. The van der Waals surface area contributed by atoms with Gasteiger partial charge in [0.25, 0.3) is 0 Å². The van der Waals surface area contributed by atoms with E-state index in [0.29, 0.717) is 43.5 Å². The van der Waals surface area contributed by atoms with Gasteiger partial charge in [-0.3, -0.25) is 4.98 Å². The second-order valence-corrected chi connectivity index (χ2v) is 8.82. The average Bonchev–Trinajstić information content (AvgIpc) is 2.74. The average molecular weight is 513 g/mol. The fourth-order valence-electron chi connectivity index (χ4n) is 2.70. The Morgan fingerprint density at radius 2 is 1.78 bits per heavy atom. The van der Waals surface area contributed by atoms with Crippen LogP contribution in [0.1, 0.15) is 17.0 Å². The molecule has 2 aromatic carbocycles. The van der Waals surface area contributed by atoms with Crippen LogP contribution >= 0.6 is 46.6 Å². The molecule has 0 saturated carbocycles. The summed E-state index contributed by atoms with van der Waals surface area (Å²) in [4.78, 5) is 16.7. The Morgan fingerprint density at radius 1 is 1.09 bits per heavy atom. The Morgan fingerprint density at radius 3 is 2.44 bits per heavy atom. The molecule has 4 nitrogen and oxygen atoms in total. The lowest BCUT2D eigenvalue weighted by atomic mass is 10.2. The summed E-state index contributed by atoms with van der Waals surface area (Å²) in [5.41, 5.74) is 1.99. The SMILES string of the molecule is O=C(O)/C(=C\c1cccc(CSc2c(Cl)cc(Cl)cc2Cl)n1)OCCc1ccc(F)cc1. The van der Waals surface area contributed by atoms with E-state index >= 15 is 0 Å². The van der Waals surface area contributed by atoms with Crippen LogP contribution in [0.4, 0.5) is 4.39 Å². The van der Waals surface area contributed by atoms with Crippen LogP contribution in [0.5, 0.6) is 0 Å². The van der Waals surface area contributed by atoms with Crippen molar-refractivity contribution in [1.82, 2.24) is 4.98 Å². The van der Waals surface area contributed by atoms with E-state index in [1.54, 1.807) is 36.4 Å². The monoisotopic (exact) mass is 511 g/mol. The van der Waals surface area contributed by atoms with Gasteiger partial charge in [0.15, 0.2) is 0 Å². The maximum Gasteiger partial charge on any atom is 0.371 e. The maximum atomic E-state index is 13.0. The number of aromatic nitrogens is 1. The molecule has 0 bridgehead atoms. The van der Waals surface area contributed by atoms with Crippen molar-refractivity contribution in [1.29, 1.82) is 0 Å². The molecular formula is C23H17Cl3FNO3S. The molecule has 1 heterocycles. The zero-order valence-electron chi connectivity index (χ0n) is 16.5. The standard InChI is InChI=1S/C23H17Cl3FNO3S/c24-15-10-19(25)22(20(26)11-15)32-13-18-3-1-2-17(28-18)12-21(23(29)30)31-9-8-14-4-6-16(27)7-5-14/h1-7,10-12H,8-9,13H2,(H,29,30)/b21-12+. The Bertz CT molecular complexity index is 1120. The lowest BCUT2D eigenvalue weighted by Gasteiger charge is -2.09. The van der Waals surface area contributed by atoms with E-state index in [2.05, 4.69) is 4.98 Å². The number of carbonyl (C=O) groups is 1. The van der Waals surface area contributed by atoms with Crippen molar-refractivity contribution in [3.8, 4) is 0 Å². The van der Waals surface area contributed by atoms with E-state index in [1.165, 1.54) is 30.0 Å². The van der Waals surface area contributed by atoms with Crippen LogP contribution in [0.25, 0.3) is 6.08 Å². The molecule has 0 aliphatic carbocycles. The smallest absolute Gasteiger partial charge is 0.371 e. The van der Waals surface area contributed by atoms with Crippen molar-refractivity contribution in [2.75, 3.05) is 6.61 Å². The molecule has 0 amide bonds. The minimum Gasteiger partial charge on any atom is -0.486 e. The Labute approximate surface area is 204 Å². The number of thioether (sulfide) groups is 1. The van der Waals surface area contributed by atoms with Gasteiger partial charge in [-0.1, -0.05) is 53.0 Å². The van der Waals surface area contributed by atoms with E-state index in [1.807, 2.05) is 6.07 Å². The van der Waals surface area contributed by atoms with Gasteiger partial charge < -0.3 is 9.84 Å². The summed E-state index contributed by atoms with van der Waals surface area (Å²) in [6.07, 6.45) is 1.81. The van der Waals surface area contributed by atoms with Gasteiger partial charge in [0.05, 0.1) is 28.0 Å². The second kappa shape index (κ2) is 11.6. The number of carboxylic acids is 1. The number of benzene rings is 2. The topological polar surface area (TPSA) is 59.4 Å². The van der Waals surface area contributed by atoms with E-state index in [0.717, 1.165) is 5.56 Å². The molecule has 3 aromatic rings. The van der Waals surface area contributed by atoms with Gasteiger partial charge in [0, 0.05) is 28.2 Å². The number of pyridine rings is 1. The Kier molecular flexibility index (Phi) is 8.82. The number of hydrogen-bond donors (Lipinski definition) is 1. The highest BCUT2D eigenvalue weighted by Gasteiger charge is 2.12. The highest BCUT2D eigenvalue weighted by Crippen LogP contribution is 2.37. The van der Waals surface area contributed by atoms with Crippen LogP contribution in [0.2, 0.25) is 15.1 Å². The van der Waals surface area contributed by atoms with Crippen molar-refractivity contribution in [2.45, 2.75) is 17.1 Å². The number of hydrogen-bond acceptors (Lipinski definition) is 4. The normalized spacial score (nSPS) is 11.4. The predicted molar refractivity (Wildman–Crippen MR) is 127 cm³/mol. The van der Waals surface area contributed by atoms with Gasteiger partial charge in [-0.15, -0.1) is 11.8 Å². The molecule has 0 saturated heterocycles. The van der Waals surface area contributed by atoms with Gasteiger partial charge in [0.1, 0.15) is 5.82 Å². The molecule has 9 heteroatoms. The van der Waals surface area contributed by atoms with E-state index < -0.39 is 5.97 Å². The maximum absolute atomic E-state index is 13.0. The van der Waals surface area contributed by atoms with Gasteiger partial charge in [-0.25, -0.2) is 9.18 Å². The summed E-state index contributed by atoms with van der Waals surface area (Å²) in [5.74, 6) is -1.29. The summed E-state index contributed by atoms with van der Waals surface area (Å²) in [6, 6.07) is 14.5. The first kappa shape index (κ1) is 24.4. The molecule has 0 spiro atoms. The van der Waals surface area contributed by atoms with Crippen molar-refractivity contribution in [3.05, 3.63) is 98.2 Å². The van der Waals surface area contributed by atoms with E-state index in [4.69, 9.17) is 39.5 Å². The van der Waals surface area contributed by atoms with Gasteiger partial charge in [-0.2, -0.15) is 0 Å². The van der Waals surface area contributed by atoms with Crippen LogP contribution in [0, 0.1) is 5.82 Å². The molecule has 0 atom stereocenters. The lowest BCUT2D eigenvalue weighted by Crippen LogP contribution is -2.08. The van der Waals surface area contributed by atoms with Crippen molar-refractivity contribution < 1.29 is 19.0 Å².